The molecule has 0 radical (unpaired) electrons. The van der Waals surface area contributed by atoms with Crippen LogP contribution < -0.4 is 5.32 Å². The van der Waals surface area contributed by atoms with Gasteiger partial charge in [0.25, 0.3) is 0 Å². The largest absolute Gasteiger partial charge is 0.444 e. The highest BCUT2D eigenvalue weighted by molar-refractivity contribution is 9.10. The average molecular weight is 433 g/mol. The third kappa shape index (κ3) is 3.71. The maximum Gasteiger partial charge on any atom is 0.204 e. The van der Waals surface area contributed by atoms with E-state index in [9.17, 15) is 5.11 Å². The van der Waals surface area contributed by atoms with Crippen molar-refractivity contribution in [2.45, 2.75) is 69.2 Å². The Bertz CT molecular complexity index is 854. The van der Waals surface area contributed by atoms with E-state index in [1.807, 2.05) is 6.07 Å². The zero-order chi connectivity index (χ0) is 19.0. The third-order valence-corrected chi connectivity index (χ3v) is 7.01. The molecule has 7 heteroatoms. The van der Waals surface area contributed by atoms with Crippen molar-refractivity contribution >= 4 is 32.7 Å². The van der Waals surface area contributed by atoms with Gasteiger partial charge in [0.2, 0.25) is 5.76 Å². The van der Waals surface area contributed by atoms with Crippen LogP contribution in [0.5, 0.6) is 0 Å². The molecule has 2 heterocycles. The van der Waals surface area contributed by atoms with Gasteiger partial charge >= 0.3 is 0 Å². The Morgan fingerprint density at radius 2 is 2.07 bits per heavy atom. The van der Waals surface area contributed by atoms with Crippen LogP contribution in [0.15, 0.2) is 21.2 Å². The van der Waals surface area contributed by atoms with E-state index in [0.717, 1.165) is 60.6 Å². The van der Waals surface area contributed by atoms with Gasteiger partial charge in [-0.1, -0.05) is 0 Å². The molecule has 6 nitrogen and oxygen atoms in total. The van der Waals surface area contributed by atoms with E-state index in [1.54, 1.807) is 12.3 Å². The summed E-state index contributed by atoms with van der Waals surface area (Å²) in [7, 11) is 2.18. The van der Waals surface area contributed by atoms with Crippen LogP contribution in [0, 0.1) is 11.3 Å². The van der Waals surface area contributed by atoms with Crippen LogP contribution in [-0.2, 0) is 0 Å². The van der Waals surface area contributed by atoms with Gasteiger partial charge in [-0.15, -0.1) is 0 Å². The maximum absolute atomic E-state index is 10.2. The Balaban J connectivity index is 1.38. The molecule has 0 spiro atoms. The number of nitriles is 1. The summed E-state index contributed by atoms with van der Waals surface area (Å²) in [6.45, 7) is 0. The lowest BCUT2D eigenvalue weighted by Gasteiger charge is -2.39. The first-order valence-electron chi connectivity index (χ1n) is 9.71. The van der Waals surface area contributed by atoms with E-state index in [2.05, 4.69) is 38.2 Å². The Morgan fingerprint density at radius 1 is 1.30 bits per heavy atom. The molecule has 2 atom stereocenters. The molecule has 2 fully saturated rings. The van der Waals surface area contributed by atoms with Crippen molar-refractivity contribution < 1.29 is 9.52 Å². The molecule has 144 valence electrons. The number of pyridine rings is 1. The van der Waals surface area contributed by atoms with E-state index < -0.39 is 0 Å². The van der Waals surface area contributed by atoms with Gasteiger partial charge in [0.15, 0.2) is 5.58 Å². The lowest BCUT2D eigenvalue weighted by atomic mass is 9.89. The van der Waals surface area contributed by atoms with Gasteiger partial charge in [-0.05, 0) is 67.9 Å². The van der Waals surface area contributed by atoms with Crippen molar-refractivity contribution in [1.82, 2.24) is 9.88 Å². The van der Waals surface area contributed by atoms with Crippen molar-refractivity contribution in [3.8, 4) is 6.07 Å². The minimum atomic E-state index is -0.161. The lowest BCUT2D eigenvalue weighted by molar-refractivity contribution is 0.0489. The Labute approximate surface area is 167 Å². The van der Waals surface area contributed by atoms with Crippen LogP contribution in [0.4, 0.5) is 5.82 Å². The minimum absolute atomic E-state index is 0.161. The van der Waals surface area contributed by atoms with Crippen molar-refractivity contribution in [3.63, 3.8) is 0 Å². The number of halogens is 1. The molecular weight excluding hydrogens is 408 g/mol. The second-order valence-electron chi connectivity index (χ2n) is 7.80. The number of anilines is 1. The molecule has 2 saturated carbocycles. The van der Waals surface area contributed by atoms with Gasteiger partial charge in [-0.3, -0.25) is 4.90 Å². The third-order valence-electron chi connectivity index (χ3n) is 6.21. The SMILES string of the molecule is CN(C1CCC(Nc2ncc3oc(C#N)cc3c2Br)CC1)[C@H]1CCC[C@@H]1O. The number of hydrogen-bond acceptors (Lipinski definition) is 6. The molecule has 2 aliphatic rings. The Morgan fingerprint density at radius 3 is 2.74 bits per heavy atom. The maximum atomic E-state index is 10.2. The summed E-state index contributed by atoms with van der Waals surface area (Å²) in [5.74, 6) is 1.10. The van der Waals surface area contributed by atoms with Crippen molar-refractivity contribution in [2.24, 2.45) is 0 Å². The molecular formula is C20H25BrN4O2. The highest BCUT2D eigenvalue weighted by atomic mass is 79.9. The lowest BCUT2D eigenvalue weighted by Crippen LogP contribution is -2.46. The van der Waals surface area contributed by atoms with Gasteiger partial charge in [-0.2, -0.15) is 5.26 Å². The topological polar surface area (TPSA) is 85.3 Å². The van der Waals surface area contributed by atoms with Gasteiger partial charge in [0, 0.05) is 29.6 Å². The summed E-state index contributed by atoms with van der Waals surface area (Å²) in [4.78, 5) is 6.89. The fourth-order valence-corrected chi connectivity index (χ4v) is 5.15. The molecule has 2 aromatic rings. The highest BCUT2D eigenvalue weighted by Gasteiger charge is 2.34. The standard InChI is InChI=1S/C20H25BrN4O2/c1-25(16-3-2-4-17(16)26)13-7-5-12(6-8-13)24-20-19(21)15-9-14(10-22)27-18(15)11-23-20/h9,11-13,16-17,26H,2-8H2,1H3,(H,23,24)/t12?,13?,16-,17-/m0/s1. The summed E-state index contributed by atoms with van der Waals surface area (Å²) in [6, 6.07) is 5.03. The van der Waals surface area contributed by atoms with E-state index in [-0.39, 0.29) is 6.10 Å². The summed E-state index contributed by atoms with van der Waals surface area (Å²) < 4.78 is 6.28. The van der Waals surface area contributed by atoms with Crippen LogP contribution in [0.2, 0.25) is 0 Å². The van der Waals surface area contributed by atoms with E-state index >= 15 is 0 Å². The molecule has 0 aromatic carbocycles. The summed E-state index contributed by atoms with van der Waals surface area (Å²) >= 11 is 3.61. The number of hydrogen-bond donors (Lipinski definition) is 2. The number of nitrogens with one attached hydrogen (secondary N) is 1. The molecule has 0 saturated heterocycles. The first-order valence-corrected chi connectivity index (χ1v) is 10.5. The van der Waals surface area contributed by atoms with E-state index in [4.69, 9.17) is 9.68 Å². The number of furan rings is 1. The van der Waals surface area contributed by atoms with Gasteiger partial charge in [0.1, 0.15) is 11.9 Å². The number of nitrogens with zero attached hydrogens (tertiary/aromatic N) is 3. The van der Waals surface area contributed by atoms with Crippen molar-refractivity contribution in [1.29, 1.82) is 5.26 Å². The molecule has 0 aliphatic heterocycles. The van der Waals surface area contributed by atoms with Crippen LogP contribution in [0.25, 0.3) is 11.0 Å². The molecule has 0 amide bonds. The van der Waals surface area contributed by atoms with Crippen LogP contribution >= 0.6 is 15.9 Å². The van der Waals surface area contributed by atoms with Gasteiger partial charge in [0.05, 0.1) is 16.8 Å². The van der Waals surface area contributed by atoms with Crippen LogP contribution in [0.1, 0.15) is 50.7 Å². The normalized spacial score (nSPS) is 28.6. The quantitative estimate of drug-likeness (QED) is 0.758. The molecule has 2 aromatic heterocycles. The van der Waals surface area contributed by atoms with E-state index in [0.29, 0.717) is 29.5 Å². The first-order chi connectivity index (χ1) is 13.1. The molecule has 27 heavy (non-hydrogen) atoms. The molecule has 2 aliphatic carbocycles. The molecule has 2 N–H and O–H groups in total. The molecule has 0 unspecified atom stereocenters. The minimum Gasteiger partial charge on any atom is -0.444 e. The van der Waals surface area contributed by atoms with Crippen molar-refractivity contribution in [2.75, 3.05) is 12.4 Å². The second kappa shape index (κ2) is 7.78. The second-order valence-corrected chi connectivity index (χ2v) is 8.60. The monoisotopic (exact) mass is 432 g/mol. The number of aromatic nitrogens is 1. The van der Waals surface area contributed by atoms with Gasteiger partial charge < -0.3 is 14.8 Å². The zero-order valence-electron chi connectivity index (χ0n) is 15.5. The summed E-state index contributed by atoms with van der Waals surface area (Å²) in [5.41, 5.74) is 0.615. The zero-order valence-corrected chi connectivity index (χ0v) is 17.1. The molecule has 0 bridgehead atoms. The number of fused-ring (bicyclic) bond motifs is 1. The first kappa shape index (κ1) is 18.7. The Hall–Kier alpha value is -1.62. The Kier molecular flexibility index (Phi) is 5.40. The van der Waals surface area contributed by atoms with Crippen LogP contribution in [0.3, 0.4) is 0 Å². The number of likely N-dealkylation sites (N-methyl/N-ethyl adjacent to an activating group) is 1. The fourth-order valence-electron chi connectivity index (χ4n) is 4.62. The van der Waals surface area contributed by atoms with Gasteiger partial charge in [-0.25, -0.2) is 4.98 Å². The predicted molar refractivity (Wildman–Crippen MR) is 107 cm³/mol. The fraction of sp³-hybridized carbons (Fsp3) is 0.600. The number of aliphatic hydroxyl groups is 1. The van der Waals surface area contributed by atoms with Crippen LogP contribution in [-0.4, -0.2) is 46.3 Å². The number of rotatable bonds is 4. The number of aliphatic hydroxyl groups excluding tert-OH is 1. The van der Waals surface area contributed by atoms with Crippen molar-refractivity contribution in [3.05, 3.63) is 22.5 Å². The van der Waals surface area contributed by atoms with E-state index in [1.165, 1.54) is 0 Å². The smallest absolute Gasteiger partial charge is 0.204 e. The summed E-state index contributed by atoms with van der Waals surface area (Å²) in [5, 5.41) is 23.6. The summed E-state index contributed by atoms with van der Waals surface area (Å²) in [6.07, 6.45) is 9.12. The molecule has 4 rings (SSSR count). The predicted octanol–water partition coefficient (Wildman–Crippen LogP) is 4.03. The average Bonchev–Trinajstić information content (AvgIpc) is 3.30. The highest BCUT2D eigenvalue weighted by Crippen LogP contribution is 2.34.